The topological polar surface area (TPSA) is 122 Å². The van der Waals surface area contributed by atoms with E-state index < -0.39 is 22.1 Å². The van der Waals surface area contributed by atoms with Crippen molar-refractivity contribution in [3.8, 4) is 0 Å². The van der Waals surface area contributed by atoms with Crippen LogP contribution in [0.3, 0.4) is 0 Å². The van der Waals surface area contributed by atoms with E-state index in [4.69, 9.17) is 5.14 Å². The van der Waals surface area contributed by atoms with Gasteiger partial charge in [-0.1, -0.05) is 0 Å². The minimum Gasteiger partial charge on any atom is -0.341 e. The highest BCUT2D eigenvalue weighted by molar-refractivity contribution is 7.89. The minimum atomic E-state index is -3.77. The Morgan fingerprint density at radius 2 is 1.71 bits per heavy atom. The molecule has 1 atom stereocenters. The van der Waals surface area contributed by atoms with Crippen LogP contribution in [-0.2, 0) is 14.8 Å². The molecular weight excluding hydrogens is 332 g/mol. The van der Waals surface area contributed by atoms with Crippen molar-refractivity contribution in [2.75, 3.05) is 18.4 Å². The second-order valence-corrected chi connectivity index (χ2v) is 7.34. The summed E-state index contributed by atoms with van der Waals surface area (Å²) >= 11 is 0. The number of nitrogens with two attached hydrogens (primary N) is 1. The molecule has 0 aliphatic carbocycles. The number of hydrogen-bond acceptors (Lipinski definition) is 4. The fraction of sp³-hybridized carbons (Fsp3) is 0.467. The highest BCUT2D eigenvalue weighted by atomic mass is 32.2. The van der Waals surface area contributed by atoms with E-state index in [2.05, 4.69) is 10.6 Å². The van der Waals surface area contributed by atoms with Gasteiger partial charge in [-0.3, -0.25) is 4.79 Å². The molecule has 24 heavy (non-hydrogen) atoms. The molecule has 1 aliphatic rings. The van der Waals surface area contributed by atoms with Crippen molar-refractivity contribution in [1.82, 2.24) is 10.2 Å². The van der Waals surface area contributed by atoms with Crippen LogP contribution in [-0.4, -0.2) is 44.4 Å². The van der Waals surface area contributed by atoms with E-state index in [1.54, 1.807) is 11.8 Å². The fourth-order valence-electron chi connectivity index (χ4n) is 2.54. The van der Waals surface area contributed by atoms with Gasteiger partial charge in [-0.25, -0.2) is 18.4 Å². The molecule has 0 aromatic heterocycles. The first-order valence-corrected chi connectivity index (χ1v) is 9.31. The van der Waals surface area contributed by atoms with Gasteiger partial charge >= 0.3 is 6.03 Å². The lowest BCUT2D eigenvalue weighted by molar-refractivity contribution is -0.133. The van der Waals surface area contributed by atoms with Crippen molar-refractivity contribution in [2.45, 2.75) is 37.1 Å². The molecule has 0 spiro atoms. The fourth-order valence-corrected chi connectivity index (χ4v) is 3.06. The van der Waals surface area contributed by atoms with Crippen molar-refractivity contribution in [2.24, 2.45) is 5.14 Å². The van der Waals surface area contributed by atoms with E-state index in [0.717, 1.165) is 32.4 Å². The number of likely N-dealkylation sites (tertiary alicyclic amines) is 1. The number of piperidine rings is 1. The van der Waals surface area contributed by atoms with Gasteiger partial charge in [0.2, 0.25) is 15.9 Å². The second-order valence-electron chi connectivity index (χ2n) is 5.78. The number of nitrogens with one attached hydrogen (secondary N) is 2. The number of hydrogen-bond donors (Lipinski definition) is 3. The molecule has 0 unspecified atom stereocenters. The van der Waals surface area contributed by atoms with Crippen LogP contribution in [0.15, 0.2) is 29.2 Å². The molecule has 1 fully saturated rings. The summed E-state index contributed by atoms with van der Waals surface area (Å²) in [4.78, 5) is 25.9. The summed E-state index contributed by atoms with van der Waals surface area (Å²) in [6, 6.07) is 4.29. The number of carbonyl (C=O) groups is 2. The molecule has 0 radical (unpaired) electrons. The Morgan fingerprint density at radius 1 is 1.12 bits per heavy atom. The van der Waals surface area contributed by atoms with E-state index in [1.165, 1.54) is 24.3 Å². The smallest absolute Gasteiger partial charge is 0.319 e. The molecule has 4 N–H and O–H groups in total. The third-order valence-corrected chi connectivity index (χ3v) is 4.76. The maximum Gasteiger partial charge on any atom is 0.319 e. The monoisotopic (exact) mass is 354 g/mol. The van der Waals surface area contributed by atoms with E-state index >= 15 is 0 Å². The third-order valence-electron chi connectivity index (χ3n) is 3.83. The van der Waals surface area contributed by atoms with Crippen molar-refractivity contribution < 1.29 is 18.0 Å². The van der Waals surface area contributed by atoms with Gasteiger partial charge in [-0.15, -0.1) is 0 Å². The Balaban J connectivity index is 1.89. The Bertz CT molecular complexity index is 697. The molecule has 1 heterocycles. The summed E-state index contributed by atoms with van der Waals surface area (Å²) < 4.78 is 22.3. The summed E-state index contributed by atoms with van der Waals surface area (Å²) in [5.41, 5.74) is 0.400. The molecule has 8 nitrogen and oxygen atoms in total. The zero-order valence-electron chi connectivity index (χ0n) is 13.5. The number of carbonyl (C=O) groups excluding carboxylic acids is 2. The Labute approximate surface area is 141 Å². The first-order valence-electron chi connectivity index (χ1n) is 7.76. The van der Waals surface area contributed by atoms with Crippen LogP contribution in [0.5, 0.6) is 0 Å². The van der Waals surface area contributed by atoms with Crippen LogP contribution in [0.2, 0.25) is 0 Å². The van der Waals surface area contributed by atoms with Crippen LogP contribution in [0.1, 0.15) is 26.2 Å². The minimum absolute atomic E-state index is 0.0397. The SMILES string of the molecule is C[C@H](NC(=O)Nc1ccc(S(N)(=O)=O)cc1)C(=O)N1CCCCC1. The molecule has 1 aromatic rings. The van der Waals surface area contributed by atoms with Gasteiger partial charge in [0, 0.05) is 18.8 Å². The normalized spacial score (nSPS) is 16.3. The molecule has 3 amide bonds. The molecule has 9 heteroatoms. The molecule has 1 saturated heterocycles. The standard InChI is InChI=1S/C15H22N4O4S/c1-11(14(20)19-9-3-2-4-10-19)17-15(21)18-12-5-7-13(8-6-12)24(16,22)23/h5-8,11H,2-4,9-10H2,1H3,(H2,16,22,23)(H2,17,18,21)/t11-/m0/s1. The molecule has 2 rings (SSSR count). The van der Waals surface area contributed by atoms with Gasteiger partial charge in [0.15, 0.2) is 0 Å². The van der Waals surface area contributed by atoms with Gasteiger partial charge < -0.3 is 15.5 Å². The molecule has 1 aromatic carbocycles. The number of nitrogens with zero attached hydrogens (tertiary/aromatic N) is 1. The molecule has 0 bridgehead atoms. The summed E-state index contributed by atoms with van der Waals surface area (Å²) in [5, 5.41) is 10.1. The van der Waals surface area contributed by atoms with Crippen LogP contribution < -0.4 is 15.8 Å². The predicted octanol–water partition coefficient (Wildman–Crippen LogP) is 0.856. The zero-order chi connectivity index (χ0) is 17.7. The average Bonchev–Trinajstić information content (AvgIpc) is 2.54. The van der Waals surface area contributed by atoms with Crippen LogP contribution in [0, 0.1) is 0 Å². The van der Waals surface area contributed by atoms with E-state index in [1.807, 2.05) is 0 Å². The van der Waals surface area contributed by atoms with E-state index in [-0.39, 0.29) is 10.8 Å². The van der Waals surface area contributed by atoms with Crippen molar-refractivity contribution in [3.63, 3.8) is 0 Å². The Hall–Kier alpha value is -2.13. The van der Waals surface area contributed by atoms with Gasteiger partial charge in [0.1, 0.15) is 6.04 Å². The summed E-state index contributed by atoms with van der Waals surface area (Å²) in [7, 11) is -3.77. The maximum absolute atomic E-state index is 12.2. The average molecular weight is 354 g/mol. The molecule has 132 valence electrons. The van der Waals surface area contributed by atoms with Crippen LogP contribution in [0.4, 0.5) is 10.5 Å². The highest BCUT2D eigenvalue weighted by Gasteiger charge is 2.23. The highest BCUT2D eigenvalue weighted by Crippen LogP contribution is 2.13. The van der Waals surface area contributed by atoms with Crippen molar-refractivity contribution >= 4 is 27.6 Å². The number of anilines is 1. The van der Waals surface area contributed by atoms with Crippen LogP contribution in [0.25, 0.3) is 0 Å². The number of benzene rings is 1. The molecule has 0 saturated carbocycles. The molecule has 1 aliphatic heterocycles. The number of sulfonamides is 1. The van der Waals surface area contributed by atoms with Gasteiger partial charge in [0.05, 0.1) is 4.90 Å². The summed E-state index contributed by atoms with van der Waals surface area (Å²) in [6.45, 7) is 3.09. The first-order chi connectivity index (χ1) is 11.3. The molecular formula is C15H22N4O4S. The first kappa shape index (κ1) is 18.2. The lowest BCUT2D eigenvalue weighted by Crippen LogP contribution is -2.49. The summed E-state index contributed by atoms with van der Waals surface area (Å²) in [6.07, 6.45) is 3.10. The second kappa shape index (κ2) is 7.63. The largest absolute Gasteiger partial charge is 0.341 e. The number of primary sulfonamides is 1. The summed E-state index contributed by atoms with van der Waals surface area (Å²) in [5.74, 6) is -0.102. The maximum atomic E-state index is 12.2. The predicted molar refractivity (Wildman–Crippen MR) is 89.9 cm³/mol. The van der Waals surface area contributed by atoms with Gasteiger partial charge in [-0.2, -0.15) is 0 Å². The zero-order valence-corrected chi connectivity index (χ0v) is 14.3. The Morgan fingerprint density at radius 3 is 2.25 bits per heavy atom. The van der Waals surface area contributed by atoms with E-state index in [0.29, 0.717) is 5.69 Å². The van der Waals surface area contributed by atoms with Crippen molar-refractivity contribution in [3.05, 3.63) is 24.3 Å². The van der Waals surface area contributed by atoms with Gasteiger partial charge in [0.25, 0.3) is 0 Å². The van der Waals surface area contributed by atoms with Crippen LogP contribution >= 0.6 is 0 Å². The van der Waals surface area contributed by atoms with Gasteiger partial charge in [-0.05, 0) is 50.5 Å². The lowest BCUT2D eigenvalue weighted by Gasteiger charge is -2.29. The number of rotatable bonds is 4. The Kier molecular flexibility index (Phi) is 5.79. The third kappa shape index (κ3) is 4.93. The number of amides is 3. The number of urea groups is 1. The van der Waals surface area contributed by atoms with Crippen molar-refractivity contribution in [1.29, 1.82) is 0 Å². The van der Waals surface area contributed by atoms with E-state index in [9.17, 15) is 18.0 Å². The quantitative estimate of drug-likeness (QED) is 0.742. The lowest BCUT2D eigenvalue weighted by atomic mass is 10.1.